The maximum Gasteiger partial charge on any atom is 0.329 e. The molecule has 2 N–H and O–H groups in total. The third-order valence-electron chi connectivity index (χ3n) is 3.66. The normalized spacial score (nSPS) is 11.2. The highest BCUT2D eigenvalue weighted by molar-refractivity contribution is 7.98. The molecule has 0 aliphatic rings. The number of nitrogens with zero attached hydrogens (tertiary/aromatic N) is 1. The molecule has 0 saturated carbocycles. The lowest BCUT2D eigenvalue weighted by Gasteiger charge is -2.16. The summed E-state index contributed by atoms with van der Waals surface area (Å²) in [7, 11) is 0. The van der Waals surface area contributed by atoms with Crippen LogP contribution in [0.5, 0.6) is 0 Å². The zero-order valence-electron chi connectivity index (χ0n) is 15.4. The number of anilines is 1. The largest absolute Gasteiger partial charge is 0.459 e. The van der Waals surface area contributed by atoms with E-state index in [2.05, 4.69) is 10.6 Å². The summed E-state index contributed by atoms with van der Waals surface area (Å²) in [4.78, 5) is 36.5. The topological polar surface area (TPSA) is 121 Å². The molecule has 1 aromatic heterocycles. The molecule has 10 heteroatoms. The number of halogens is 1. The highest BCUT2D eigenvalue weighted by atomic mass is 35.5. The zero-order chi connectivity index (χ0) is 21.2. The Morgan fingerprint density at radius 3 is 2.76 bits per heavy atom. The molecule has 8 nitrogen and oxygen atoms in total. The number of amides is 2. The molecule has 0 saturated heterocycles. The maximum absolute atomic E-state index is 12.3. The summed E-state index contributed by atoms with van der Waals surface area (Å²) in [5, 5.41) is 14.1. The molecule has 152 valence electrons. The number of hydrogen-bond acceptors (Lipinski definition) is 7. The van der Waals surface area contributed by atoms with Gasteiger partial charge in [0.15, 0.2) is 12.4 Å². The van der Waals surface area contributed by atoms with Crippen LogP contribution in [0.4, 0.5) is 5.69 Å². The van der Waals surface area contributed by atoms with Gasteiger partial charge in [-0.15, -0.1) is 0 Å². The van der Waals surface area contributed by atoms with Gasteiger partial charge in [-0.05, 0) is 48.8 Å². The van der Waals surface area contributed by atoms with Crippen LogP contribution >= 0.6 is 23.4 Å². The van der Waals surface area contributed by atoms with E-state index in [1.165, 1.54) is 42.3 Å². The molecule has 2 rings (SSSR count). The van der Waals surface area contributed by atoms with Crippen LogP contribution in [0.1, 0.15) is 22.5 Å². The Balaban J connectivity index is 1.90. The predicted octanol–water partition coefficient (Wildman–Crippen LogP) is 2.84. The second-order valence-electron chi connectivity index (χ2n) is 5.75. The van der Waals surface area contributed by atoms with E-state index in [0.717, 1.165) is 0 Å². The van der Waals surface area contributed by atoms with Gasteiger partial charge in [0, 0.05) is 5.69 Å². The quantitative estimate of drug-likeness (QED) is 0.580. The highest BCUT2D eigenvalue weighted by Gasteiger charge is 2.24. The molecular weight excluding hydrogens is 418 g/mol. The van der Waals surface area contributed by atoms with E-state index < -0.39 is 30.4 Å². The molecule has 29 heavy (non-hydrogen) atoms. The third kappa shape index (κ3) is 6.85. The molecular formula is C19H18ClN3O5S. The van der Waals surface area contributed by atoms with Crippen LogP contribution in [-0.2, 0) is 14.3 Å². The predicted molar refractivity (Wildman–Crippen MR) is 109 cm³/mol. The lowest BCUT2D eigenvalue weighted by Crippen LogP contribution is -2.43. The number of nitriles is 1. The lowest BCUT2D eigenvalue weighted by molar-refractivity contribution is -0.149. The Kier molecular flexibility index (Phi) is 8.58. The number of ether oxygens (including phenoxy) is 1. The van der Waals surface area contributed by atoms with Crippen molar-refractivity contribution in [3.05, 3.63) is 52.9 Å². The van der Waals surface area contributed by atoms with Crippen molar-refractivity contribution in [2.75, 3.05) is 23.9 Å². The molecule has 1 heterocycles. The van der Waals surface area contributed by atoms with Gasteiger partial charge in [0.1, 0.15) is 12.1 Å². The van der Waals surface area contributed by atoms with Crippen molar-refractivity contribution < 1.29 is 23.5 Å². The van der Waals surface area contributed by atoms with Gasteiger partial charge in [-0.3, -0.25) is 9.59 Å². The van der Waals surface area contributed by atoms with Crippen molar-refractivity contribution in [1.82, 2.24) is 5.32 Å². The molecule has 2 aromatic rings. The van der Waals surface area contributed by atoms with E-state index in [9.17, 15) is 14.4 Å². The number of carbonyl (C=O) groups is 3. The molecule has 0 aliphatic heterocycles. The Labute approximate surface area is 176 Å². The van der Waals surface area contributed by atoms with E-state index in [0.29, 0.717) is 17.9 Å². The van der Waals surface area contributed by atoms with Crippen molar-refractivity contribution in [1.29, 1.82) is 5.26 Å². The smallest absolute Gasteiger partial charge is 0.329 e. The van der Waals surface area contributed by atoms with Gasteiger partial charge in [-0.2, -0.15) is 17.0 Å². The Bertz CT molecular complexity index is 911. The summed E-state index contributed by atoms with van der Waals surface area (Å²) < 4.78 is 10.0. The fraction of sp³-hybridized carbons (Fsp3) is 0.263. The number of nitrogens with one attached hydrogen (secondary N) is 2. The highest BCUT2D eigenvalue weighted by Crippen LogP contribution is 2.20. The van der Waals surface area contributed by atoms with Gasteiger partial charge in [-0.25, -0.2) is 4.79 Å². The number of hydrogen-bond donors (Lipinski definition) is 2. The summed E-state index contributed by atoms with van der Waals surface area (Å²) >= 11 is 7.42. The average Bonchev–Trinajstić information content (AvgIpc) is 3.24. The number of furan rings is 1. The van der Waals surface area contributed by atoms with Gasteiger partial charge in [0.2, 0.25) is 0 Å². The summed E-state index contributed by atoms with van der Waals surface area (Å²) in [6, 6.07) is 8.42. The fourth-order valence-corrected chi connectivity index (χ4v) is 2.93. The Morgan fingerprint density at radius 2 is 2.14 bits per heavy atom. The van der Waals surface area contributed by atoms with E-state index >= 15 is 0 Å². The Hall–Kier alpha value is -2.96. The standard InChI is InChI=1S/C19H18ClN3O5S/c1-29-8-6-15(23-18(25)16-3-2-7-27-16)19(26)28-11-17(24)22-13-5-4-12(10-21)14(20)9-13/h2-5,7,9,15H,6,8,11H2,1H3,(H,22,24)(H,23,25)/t15-/m0/s1. The summed E-state index contributed by atoms with van der Waals surface area (Å²) in [5.41, 5.74) is 0.639. The van der Waals surface area contributed by atoms with Gasteiger partial charge >= 0.3 is 5.97 Å². The molecule has 0 fully saturated rings. The third-order valence-corrected chi connectivity index (χ3v) is 4.62. The molecule has 0 bridgehead atoms. The first kappa shape index (κ1) is 22.3. The molecule has 1 aromatic carbocycles. The molecule has 0 radical (unpaired) electrons. The van der Waals surface area contributed by atoms with Gasteiger partial charge in [0.25, 0.3) is 11.8 Å². The van der Waals surface area contributed by atoms with Crippen LogP contribution in [0.3, 0.4) is 0 Å². The van der Waals surface area contributed by atoms with Crippen molar-refractivity contribution >= 4 is 46.8 Å². The summed E-state index contributed by atoms with van der Waals surface area (Å²) in [5.74, 6) is -1.18. The minimum absolute atomic E-state index is 0.0717. The number of rotatable bonds is 9. The van der Waals surface area contributed by atoms with Crippen molar-refractivity contribution in [2.24, 2.45) is 0 Å². The minimum atomic E-state index is -0.919. The molecule has 0 aliphatic carbocycles. The number of thioether (sulfide) groups is 1. The van der Waals surface area contributed by atoms with Crippen LogP contribution in [0.25, 0.3) is 0 Å². The maximum atomic E-state index is 12.3. The zero-order valence-corrected chi connectivity index (χ0v) is 17.0. The van der Waals surface area contributed by atoms with E-state index in [1.54, 1.807) is 6.07 Å². The summed E-state index contributed by atoms with van der Waals surface area (Å²) in [6.45, 7) is -0.539. The van der Waals surface area contributed by atoms with Crippen molar-refractivity contribution in [2.45, 2.75) is 12.5 Å². The van der Waals surface area contributed by atoms with Crippen LogP contribution in [0.15, 0.2) is 41.0 Å². The van der Waals surface area contributed by atoms with Crippen molar-refractivity contribution in [3.63, 3.8) is 0 Å². The molecule has 2 amide bonds. The first-order chi connectivity index (χ1) is 13.9. The molecule has 1 atom stereocenters. The van der Waals surface area contributed by atoms with Crippen molar-refractivity contribution in [3.8, 4) is 6.07 Å². The molecule has 0 spiro atoms. The fourth-order valence-electron chi connectivity index (χ4n) is 2.24. The van der Waals surface area contributed by atoms with E-state index in [-0.39, 0.29) is 16.3 Å². The second-order valence-corrected chi connectivity index (χ2v) is 7.14. The first-order valence-corrected chi connectivity index (χ1v) is 10.2. The average molecular weight is 436 g/mol. The monoisotopic (exact) mass is 435 g/mol. The van der Waals surface area contributed by atoms with E-state index in [4.69, 9.17) is 26.0 Å². The minimum Gasteiger partial charge on any atom is -0.459 e. The van der Waals surface area contributed by atoms with Gasteiger partial charge < -0.3 is 19.8 Å². The molecule has 0 unspecified atom stereocenters. The first-order valence-electron chi connectivity index (χ1n) is 8.44. The number of carbonyl (C=O) groups excluding carboxylic acids is 3. The van der Waals surface area contributed by atoms with Crippen LogP contribution in [0, 0.1) is 11.3 Å². The Morgan fingerprint density at radius 1 is 1.34 bits per heavy atom. The second kappa shape index (κ2) is 11.1. The van der Waals surface area contributed by atoms with Crippen LogP contribution < -0.4 is 10.6 Å². The number of esters is 1. The van der Waals surface area contributed by atoms with Gasteiger partial charge in [0.05, 0.1) is 16.8 Å². The SMILES string of the molecule is CSCC[C@H](NC(=O)c1ccco1)C(=O)OCC(=O)Nc1ccc(C#N)c(Cl)c1. The lowest BCUT2D eigenvalue weighted by atomic mass is 10.2. The van der Waals surface area contributed by atoms with Crippen LogP contribution in [0.2, 0.25) is 5.02 Å². The number of benzene rings is 1. The summed E-state index contributed by atoms with van der Waals surface area (Å²) in [6.07, 6.45) is 3.55. The van der Waals surface area contributed by atoms with Crippen LogP contribution in [-0.4, -0.2) is 42.4 Å². The van der Waals surface area contributed by atoms with E-state index in [1.807, 2.05) is 12.3 Å². The van der Waals surface area contributed by atoms with Gasteiger partial charge in [-0.1, -0.05) is 11.6 Å².